The largest absolute Gasteiger partial charge is 0.479 e. The molecule has 1 aromatic heterocycles. The van der Waals surface area contributed by atoms with Crippen LogP contribution in [0, 0.1) is 5.92 Å². The first kappa shape index (κ1) is 14.4. The quantitative estimate of drug-likeness (QED) is 0.930. The van der Waals surface area contributed by atoms with E-state index in [-0.39, 0.29) is 10.8 Å². The van der Waals surface area contributed by atoms with Gasteiger partial charge in [0.1, 0.15) is 10.8 Å². The Morgan fingerprint density at radius 2 is 2.05 bits per heavy atom. The molecule has 2 heterocycles. The third-order valence-corrected chi connectivity index (χ3v) is 3.41. The number of pyridine rings is 1. The fourth-order valence-corrected chi connectivity index (χ4v) is 2.34. The van der Waals surface area contributed by atoms with Crippen LogP contribution in [0.3, 0.4) is 0 Å². The van der Waals surface area contributed by atoms with Crippen molar-refractivity contribution in [2.24, 2.45) is 5.92 Å². The number of piperidine rings is 1. The summed E-state index contributed by atoms with van der Waals surface area (Å²) in [6.45, 7) is 1.15. The monoisotopic (exact) mass is 294 g/mol. The molecule has 1 aliphatic rings. The van der Waals surface area contributed by atoms with Crippen molar-refractivity contribution < 1.29 is 17.9 Å². The lowest BCUT2D eigenvalue weighted by Crippen LogP contribution is -2.45. The number of ether oxygens (including phenoxy) is 1. The zero-order valence-corrected chi connectivity index (χ0v) is 10.8. The number of rotatable bonds is 3. The van der Waals surface area contributed by atoms with Crippen LogP contribution in [0.4, 0.5) is 13.2 Å². The molecule has 1 fully saturated rings. The Morgan fingerprint density at radius 3 is 2.63 bits per heavy atom. The van der Waals surface area contributed by atoms with Crippen LogP contribution in [0.2, 0.25) is 5.02 Å². The molecule has 106 valence electrons. The van der Waals surface area contributed by atoms with E-state index in [1.54, 1.807) is 0 Å². The number of alkyl halides is 3. The van der Waals surface area contributed by atoms with Crippen molar-refractivity contribution in [1.29, 1.82) is 0 Å². The molecule has 0 spiro atoms. The summed E-state index contributed by atoms with van der Waals surface area (Å²) in [6.07, 6.45) is -2.73. The molecule has 0 aromatic carbocycles. The van der Waals surface area contributed by atoms with E-state index in [0.717, 1.165) is 0 Å². The highest BCUT2D eigenvalue weighted by molar-refractivity contribution is 6.31. The first-order valence-corrected chi connectivity index (χ1v) is 6.40. The van der Waals surface area contributed by atoms with E-state index in [0.29, 0.717) is 25.9 Å². The van der Waals surface area contributed by atoms with Crippen molar-refractivity contribution in [2.75, 3.05) is 13.1 Å². The molecule has 0 saturated carbocycles. The van der Waals surface area contributed by atoms with Gasteiger partial charge in [-0.2, -0.15) is 13.2 Å². The molecule has 2 rings (SSSR count). The summed E-state index contributed by atoms with van der Waals surface area (Å²) >= 11 is 5.79. The van der Waals surface area contributed by atoms with Crippen molar-refractivity contribution in [1.82, 2.24) is 10.3 Å². The lowest BCUT2D eigenvalue weighted by Gasteiger charge is -2.32. The topological polar surface area (TPSA) is 34.1 Å². The molecule has 1 aliphatic heterocycles. The van der Waals surface area contributed by atoms with E-state index >= 15 is 0 Å². The molecule has 0 radical (unpaired) electrons. The maximum atomic E-state index is 13.1. The van der Waals surface area contributed by atoms with Gasteiger partial charge >= 0.3 is 6.18 Å². The molecule has 1 aromatic rings. The number of aromatic nitrogens is 1. The van der Waals surface area contributed by atoms with Gasteiger partial charge in [-0.1, -0.05) is 11.6 Å². The van der Waals surface area contributed by atoms with Crippen LogP contribution in [0.1, 0.15) is 12.8 Å². The Balaban J connectivity index is 2.16. The minimum Gasteiger partial charge on any atom is -0.479 e. The number of hydrogen-bond acceptors (Lipinski definition) is 3. The summed E-state index contributed by atoms with van der Waals surface area (Å²) in [5.41, 5.74) is 0. The first-order chi connectivity index (χ1) is 8.98. The molecule has 1 unspecified atom stereocenters. The molecule has 1 atom stereocenters. The van der Waals surface area contributed by atoms with Gasteiger partial charge in [-0.25, -0.2) is 0 Å². The summed E-state index contributed by atoms with van der Waals surface area (Å²) in [4.78, 5) is 3.72. The minimum absolute atomic E-state index is 0.0255. The second-order valence-electron chi connectivity index (χ2n) is 4.47. The fourth-order valence-electron chi connectivity index (χ4n) is 2.17. The lowest BCUT2D eigenvalue weighted by molar-refractivity contribution is -0.212. The molecular weight excluding hydrogens is 281 g/mol. The average Bonchev–Trinajstić information content (AvgIpc) is 2.37. The Kier molecular flexibility index (Phi) is 4.52. The highest BCUT2D eigenvalue weighted by Gasteiger charge is 2.47. The fraction of sp³-hybridized carbons (Fsp3) is 0.583. The molecule has 1 saturated heterocycles. The van der Waals surface area contributed by atoms with Gasteiger partial charge in [-0.3, -0.25) is 4.98 Å². The van der Waals surface area contributed by atoms with Gasteiger partial charge in [0, 0.05) is 24.4 Å². The molecule has 0 amide bonds. The van der Waals surface area contributed by atoms with Gasteiger partial charge in [0.05, 0.1) is 0 Å². The van der Waals surface area contributed by atoms with Crippen molar-refractivity contribution in [3.8, 4) is 5.75 Å². The van der Waals surface area contributed by atoms with Gasteiger partial charge < -0.3 is 10.1 Å². The normalized spacial score (nSPS) is 19.2. The first-order valence-electron chi connectivity index (χ1n) is 6.02. The van der Waals surface area contributed by atoms with Gasteiger partial charge in [0.2, 0.25) is 0 Å². The number of hydrogen-bond donors (Lipinski definition) is 1. The molecule has 3 nitrogen and oxygen atoms in total. The highest BCUT2D eigenvalue weighted by Crippen LogP contribution is 2.35. The number of nitrogens with zero attached hydrogens (tertiary/aromatic N) is 1. The third kappa shape index (κ3) is 3.73. The van der Waals surface area contributed by atoms with Crippen molar-refractivity contribution in [3.63, 3.8) is 0 Å². The summed E-state index contributed by atoms with van der Waals surface area (Å²) in [5, 5.41) is 3.13. The van der Waals surface area contributed by atoms with Crippen LogP contribution in [0.15, 0.2) is 18.5 Å². The predicted molar refractivity (Wildman–Crippen MR) is 65.3 cm³/mol. The van der Waals surface area contributed by atoms with Gasteiger partial charge in [-0.05, 0) is 25.9 Å². The zero-order chi connectivity index (χ0) is 13.9. The van der Waals surface area contributed by atoms with Crippen molar-refractivity contribution in [3.05, 3.63) is 23.5 Å². The Morgan fingerprint density at radius 1 is 1.37 bits per heavy atom. The summed E-state index contributed by atoms with van der Waals surface area (Å²) < 4.78 is 44.5. The molecule has 19 heavy (non-hydrogen) atoms. The molecule has 0 aliphatic carbocycles. The van der Waals surface area contributed by atoms with Crippen molar-refractivity contribution in [2.45, 2.75) is 25.1 Å². The summed E-state index contributed by atoms with van der Waals surface area (Å²) in [5.74, 6) is -0.525. The molecular formula is C12H14ClF3N2O. The van der Waals surface area contributed by atoms with E-state index in [4.69, 9.17) is 16.3 Å². The van der Waals surface area contributed by atoms with Crippen LogP contribution in [0.5, 0.6) is 5.75 Å². The Hall–Kier alpha value is -1.01. The van der Waals surface area contributed by atoms with Crippen LogP contribution in [-0.2, 0) is 0 Å². The lowest BCUT2D eigenvalue weighted by atomic mass is 9.91. The van der Waals surface area contributed by atoms with Crippen LogP contribution < -0.4 is 10.1 Å². The Bertz CT molecular complexity index is 422. The second-order valence-corrected chi connectivity index (χ2v) is 4.88. The Labute approximate surface area is 114 Å². The number of nitrogens with one attached hydrogen (secondary N) is 1. The third-order valence-electron chi connectivity index (χ3n) is 3.12. The maximum absolute atomic E-state index is 13.1. The van der Waals surface area contributed by atoms with E-state index in [1.807, 2.05) is 0 Å². The van der Waals surface area contributed by atoms with Crippen LogP contribution in [0.25, 0.3) is 0 Å². The summed E-state index contributed by atoms with van der Waals surface area (Å²) in [7, 11) is 0. The van der Waals surface area contributed by atoms with Crippen LogP contribution >= 0.6 is 11.6 Å². The minimum atomic E-state index is -4.41. The standard InChI is InChI=1S/C12H14ClF3N2O/c13-9-7-18-6-3-10(9)19-11(12(14,15)16)8-1-4-17-5-2-8/h3,6-8,11,17H,1-2,4-5H2. The summed E-state index contributed by atoms with van der Waals surface area (Å²) in [6, 6.07) is 1.35. The van der Waals surface area contributed by atoms with E-state index in [2.05, 4.69) is 10.3 Å². The van der Waals surface area contributed by atoms with E-state index < -0.39 is 18.2 Å². The smallest absolute Gasteiger partial charge is 0.425 e. The van der Waals surface area contributed by atoms with Gasteiger partial charge in [0.25, 0.3) is 0 Å². The molecule has 1 N–H and O–H groups in total. The molecule has 0 bridgehead atoms. The number of halogens is 4. The van der Waals surface area contributed by atoms with Crippen molar-refractivity contribution >= 4 is 11.6 Å². The predicted octanol–water partition coefficient (Wildman–Crippen LogP) is 3.04. The zero-order valence-electron chi connectivity index (χ0n) is 10.1. The highest BCUT2D eigenvalue weighted by atomic mass is 35.5. The van der Waals surface area contributed by atoms with Gasteiger partial charge in [0.15, 0.2) is 6.10 Å². The van der Waals surface area contributed by atoms with Crippen LogP contribution in [-0.4, -0.2) is 30.4 Å². The SMILES string of the molecule is FC(F)(F)C(Oc1ccncc1Cl)C1CCNCC1. The maximum Gasteiger partial charge on any atom is 0.425 e. The van der Waals surface area contributed by atoms with Gasteiger partial charge in [-0.15, -0.1) is 0 Å². The van der Waals surface area contributed by atoms with E-state index in [1.165, 1.54) is 18.5 Å². The molecule has 7 heteroatoms. The average molecular weight is 295 g/mol. The second kappa shape index (κ2) is 5.96. The van der Waals surface area contributed by atoms with E-state index in [9.17, 15) is 13.2 Å².